The van der Waals surface area contributed by atoms with Gasteiger partial charge in [-0.1, -0.05) is 0 Å². The Bertz CT molecular complexity index is 412. The van der Waals surface area contributed by atoms with Crippen LogP contribution in [0, 0.1) is 11.8 Å². The zero-order valence-corrected chi connectivity index (χ0v) is 13.5. The lowest BCUT2D eigenvalue weighted by atomic mass is 9.81. The molecule has 0 saturated carbocycles. The number of carbonyl (C=O) groups excluding carboxylic acids is 1. The van der Waals surface area contributed by atoms with Crippen molar-refractivity contribution in [3.63, 3.8) is 0 Å². The first-order chi connectivity index (χ1) is 10.3. The molecule has 0 radical (unpaired) electrons. The molecule has 4 saturated heterocycles. The van der Waals surface area contributed by atoms with Crippen LogP contribution in [0.2, 0.25) is 0 Å². The van der Waals surface area contributed by atoms with Crippen molar-refractivity contribution < 1.29 is 23.7 Å². The number of cyclic esters (lactones) is 1. The smallest absolute Gasteiger partial charge is 0.430 e. The molecule has 4 atom stereocenters. The van der Waals surface area contributed by atoms with Crippen molar-refractivity contribution in [2.75, 3.05) is 36.2 Å². The summed E-state index contributed by atoms with van der Waals surface area (Å²) in [6, 6.07) is 0. The number of fused-ring (bicyclic) bond motifs is 1. The summed E-state index contributed by atoms with van der Waals surface area (Å²) in [6.45, 7) is 1.28. The largest absolute Gasteiger partial charge is 0.508 e. The number of hydrogen-bond donors (Lipinski definition) is 0. The standard InChI is InChI=1S/C14H20O5S2/c15-13-18-11-1-5-20-7-9(11)12(19-13)10-8-21-6-2-14(10)16-3-4-17-14/h9-12H,1-8H2/t9-,10+,11-,12+/m0/s1. The molecule has 4 aliphatic rings. The third-order valence-corrected chi connectivity index (χ3v) is 7.10. The van der Waals surface area contributed by atoms with E-state index in [0.717, 1.165) is 35.9 Å². The Kier molecular flexibility index (Phi) is 4.02. The first-order valence-electron chi connectivity index (χ1n) is 7.59. The average Bonchev–Trinajstić information content (AvgIpc) is 2.96. The quantitative estimate of drug-likeness (QED) is 0.682. The summed E-state index contributed by atoms with van der Waals surface area (Å²) in [5, 5.41) is 0. The number of hydrogen-bond acceptors (Lipinski definition) is 7. The van der Waals surface area contributed by atoms with E-state index in [1.54, 1.807) is 0 Å². The van der Waals surface area contributed by atoms with E-state index in [4.69, 9.17) is 18.9 Å². The highest BCUT2D eigenvalue weighted by Crippen LogP contribution is 2.46. The van der Waals surface area contributed by atoms with Crippen molar-refractivity contribution >= 4 is 29.7 Å². The molecule has 0 unspecified atom stereocenters. The summed E-state index contributed by atoms with van der Waals surface area (Å²) in [4.78, 5) is 11.8. The van der Waals surface area contributed by atoms with Crippen molar-refractivity contribution in [1.29, 1.82) is 0 Å². The average molecular weight is 332 g/mol. The van der Waals surface area contributed by atoms with Crippen LogP contribution in [0.3, 0.4) is 0 Å². The minimum absolute atomic E-state index is 0.00267. The lowest BCUT2D eigenvalue weighted by Gasteiger charge is -2.48. The zero-order chi connectivity index (χ0) is 14.3. The Labute approximate surface area is 132 Å². The molecule has 5 nitrogen and oxygen atoms in total. The number of thioether (sulfide) groups is 2. The number of rotatable bonds is 1. The maximum absolute atomic E-state index is 11.8. The minimum atomic E-state index is -0.541. The van der Waals surface area contributed by atoms with E-state index in [1.807, 2.05) is 23.5 Å². The summed E-state index contributed by atoms with van der Waals surface area (Å²) in [5.41, 5.74) is 0. The first-order valence-corrected chi connectivity index (χ1v) is 9.90. The molecule has 4 heterocycles. The Morgan fingerprint density at radius 3 is 2.71 bits per heavy atom. The van der Waals surface area contributed by atoms with Gasteiger partial charge in [0.1, 0.15) is 12.2 Å². The maximum Gasteiger partial charge on any atom is 0.508 e. The fraction of sp³-hybridized carbons (Fsp3) is 0.929. The van der Waals surface area contributed by atoms with Crippen molar-refractivity contribution in [3.05, 3.63) is 0 Å². The van der Waals surface area contributed by atoms with Crippen molar-refractivity contribution in [3.8, 4) is 0 Å². The number of carbonyl (C=O) groups is 1. The van der Waals surface area contributed by atoms with E-state index in [9.17, 15) is 4.79 Å². The van der Waals surface area contributed by atoms with E-state index in [0.29, 0.717) is 13.2 Å². The SMILES string of the molecule is O=C1O[C@@H]([C@H]2CSCCC23OCCO3)[C@H]2CSCC[C@@H]2O1. The molecular formula is C14H20O5S2. The van der Waals surface area contributed by atoms with E-state index in [-0.39, 0.29) is 24.0 Å². The van der Waals surface area contributed by atoms with Crippen LogP contribution in [0.1, 0.15) is 12.8 Å². The van der Waals surface area contributed by atoms with E-state index >= 15 is 0 Å². The van der Waals surface area contributed by atoms with E-state index in [1.165, 1.54) is 0 Å². The second kappa shape index (κ2) is 5.83. The molecule has 4 aliphatic heterocycles. The molecular weight excluding hydrogens is 312 g/mol. The molecule has 0 aromatic heterocycles. The van der Waals surface area contributed by atoms with Gasteiger partial charge in [0.05, 0.1) is 19.1 Å². The van der Waals surface area contributed by atoms with Crippen LogP contribution in [0.5, 0.6) is 0 Å². The van der Waals surface area contributed by atoms with Crippen LogP contribution in [-0.4, -0.2) is 60.4 Å². The lowest BCUT2D eigenvalue weighted by molar-refractivity contribution is -0.232. The van der Waals surface area contributed by atoms with Crippen molar-refractivity contribution in [1.82, 2.24) is 0 Å². The van der Waals surface area contributed by atoms with Crippen LogP contribution in [-0.2, 0) is 18.9 Å². The Balaban J connectivity index is 1.61. The van der Waals surface area contributed by atoms with Crippen LogP contribution < -0.4 is 0 Å². The topological polar surface area (TPSA) is 54.0 Å². The highest BCUT2D eigenvalue weighted by atomic mass is 32.2. The van der Waals surface area contributed by atoms with E-state index < -0.39 is 11.9 Å². The molecule has 0 aromatic rings. The third-order valence-electron chi connectivity index (χ3n) is 4.87. The second-order valence-corrected chi connectivity index (χ2v) is 8.26. The monoisotopic (exact) mass is 332 g/mol. The minimum Gasteiger partial charge on any atom is -0.430 e. The van der Waals surface area contributed by atoms with Gasteiger partial charge in [0.15, 0.2) is 5.79 Å². The lowest BCUT2D eigenvalue weighted by Crippen LogP contribution is -2.58. The summed E-state index contributed by atoms with van der Waals surface area (Å²) in [6.07, 6.45) is 1.15. The second-order valence-electron chi connectivity index (χ2n) is 5.96. The van der Waals surface area contributed by atoms with Gasteiger partial charge < -0.3 is 18.9 Å². The highest BCUT2D eigenvalue weighted by Gasteiger charge is 2.56. The molecule has 0 aromatic carbocycles. The maximum atomic E-state index is 11.8. The Morgan fingerprint density at radius 2 is 1.86 bits per heavy atom. The van der Waals surface area contributed by atoms with Crippen molar-refractivity contribution in [2.45, 2.75) is 30.8 Å². The van der Waals surface area contributed by atoms with Gasteiger partial charge in [-0.05, 0) is 17.9 Å². The van der Waals surface area contributed by atoms with Crippen molar-refractivity contribution in [2.24, 2.45) is 11.8 Å². The molecule has 0 amide bonds. The van der Waals surface area contributed by atoms with Crippen LogP contribution >= 0.6 is 23.5 Å². The summed E-state index contributed by atoms with van der Waals surface area (Å²) in [7, 11) is 0. The van der Waals surface area contributed by atoms with Gasteiger partial charge in [-0.25, -0.2) is 4.79 Å². The van der Waals surface area contributed by atoms with E-state index in [2.05, 4.69) is 0 Å². The molecule has 7 heteroatoms. The van der Waals surface area contributed by atoms with Crippen LogP contribution in [0.15, 0.2) is 0 Å². The molecule has 4 fully saturated rings. The molecule has 4 rings (SSSR count). The summed E-state index contributed by atoms with van der Waals surface area (Å²) < 4.78 is 23.0. The van der Waals surface area contributed by atoms with Gasteiger partial charge in [0, 0.05) is 23.8 Å². The molecule has 0 bridgehead atoms. The van der Waals surface area contributed by atoms with Gasteiger partial charge in [-0.2, -0.15) is 23.5 Å². The predicted octanol–water partition coefficient (Wildman–Crippen LogP) is 2.14. The fourth-order valence-corrected chi connectivity index (χ4v) is 6.37. The molecule has 0 aliphatic carbocycles. The summed E-state index contributed by atoms with van der Waals surface area (Å²) >= 11 is 3.82. The Morgan fingerprint density at radius 1 is 1.05 bits per heavy atom. The normalized spacial score (nSPS) is 42.2. The predicted molar refractivity (Wildman–Crippen MR) is 80.6 cm³/mol. The summed E-state index contributed by atoms with van der Waals surface area (Å²) in [5.74, 6) is 3.83. The van der Waals surface area contributed by atoms with Gasteiger partial charge >= 0.3 is 6.16 Å². The molecule has 0 N–H and O–H groups in total. The fourth-order valence-electron chi connectivity index (χ4n) is 3.83. The zero-order valence-electron chi connectivity index (χ0n) is 11.8. The van der Waals surface area contributed by atoms with Gasteiger partial charge in [-0.15, -0.1) is 0 Å². The molecule has 1 spiro atoms. The third kappa shape index (κ3) is 2.56. The Hall–Kier alpha value is -0.110. The van der Waals surface area contributed by atoms with Gasteiger partial charge in [0.2, 0.25) is 0 Å². The molecule has 118 valence electrons. The highest BCUT2D eigenvalue weighted by molar-refractivity contribution is 7.99. The molecule has 21 heavy (non-hydrogen) atoms. The van der Waals surface area contributed by atoms with Crippen LogP contribution in [0.4, 0.5) is 4.79 Å². The first kappa shape index (κ1) is 14.5. The van der Waals surface area contributed by atoms with Gasteiger partial charge in [0.25, 0.3) is 0 Å². The van der Waals surface area contributed by atoms with Gasteiger partial charge in [-0.3, -0.25) is 0 Å². The number of ether oxygens (including phenoxy) is 4. The van der Waals surface area contributed by atoms with Crippen LogP contribution in [0.25, 0.3) is 0 Å².